The average molecular weight is 428 g/mol. The number of ether oxygens (including phenoxy) is 1. The van der Waals surface area contributed by atoms with Crippen molar-refractivity contribution >= 4 is 17.8 Å². The smallest absolute Gasteiger partial charge is 0.244 e. The van der Waals surface area contributed by atoms with Crippen LogP contribution in [0.2, 0.25) is 0 Å². The lowest BCUT2D eigenvalue weighted by atomic mass is 9.89. The van der Waals surface area contributed by atoms with Crippen molar-refractivity contribution in [2.24, 2.45) is 5.92 Å². The minimum absolute atomic E-state index is 0.0551. The van der Waals surface area contributed by atoms with Crippen LogP contribution in [0.1, 0.15) is 28.8 Å². The van der Waals surface area contributed by atoms with Crippen molar-refractivity contribution in [2.45, 2.75) is 12.8 Å². The van der Waals surface area contributed by atoms with Crippen LogP contribution in [-0.2, 0) is 4.79 Å². The molecule has 1 saturated heterocycles. The minimum Gasteiger partial charge on any atom is -0.496 e. The van der Waals surface area contributed by atoms with Gasteiger partial charge in [0.05, 0.1) is 7.11 Å². The monoisotopic (exact) mass is 428 g/mol. The highest BCUT2D eigenvalue weighted by Gasteiger charge is 2.25. The number of nitrogens with one attached hydrogen (secondary N) is 1. The van der Waals surface area contributed by atoms with E-state index in [1.807, 2.05) is 0 Å². The normalized spacial score (nSPS) is 15.2. The molecule has 164 valence electrons. The van der Waals surface area contributed by atoms with Gasteiger partial charge in [0.25, 0.3) is 0 Å². The fourth-order valence-electron chi connectivity index (χ4n) is 3.67. The fourth-order valence-corrected chi connectivity index (χ4v) is 3.67. The molecule has 1 aliphatic heterocycles. The maximum absolute atomic E-state index is 13.4. The number of piperidine rings is 1. The third kappa shape index (κ3) is 6.46. The van der Waals surface area contributed by atoms with Gasteiger partial charge in [-0.15, -0.1) is 0 Å². The molecule has 0 unspecified atom stereocenters. The number of rotatable bonds is 8. The number of benzene rings is 2. The molecule has 2 aromatic carbocycles. The number of carbonyl (C=O) groups is 2. The second-order valence-corrected chi connectivity index (χ2v) is 7.50. The van der Waals surface area contributed by atoms with E-state index >= 15 is 0 Å². The van der Waals surface area contributed by atoms with Gasteiger partial charge in [-0.1, -0.05) is 0 Å². The molecule has 2 aromatic rings. The Morgan fingerprint density at radius 1 is 1.10 bits per heavy atom. The number of Topliss-reactive ketones (excluding diaryl/α,β-unsaturated/α-hetero) is 1. The lowest BCUT2D eigenvalue weighted by molar-refractivity contribution is -0.116. The number of carbonyl (C=O) groups excluding carboxylic acids is 2. The maximum Gasteiger partial charge on any atom is 0.244 e. The first-order valence-corrected chi connectivity index (χ1v) is 10.3. The van der Waals surface area contributed by atoms with Gasteiger partial charge in [0.15, 0.2) is 5.78 Å². The van der Waals surface area contributed by atoms with Gasteiger partial charge < -0.3 is 15.0 Å². The number of hydrogen-bond acceptors (Lipinski definition) is 4. The molecule has 1 heterocycles. The first kappa shape index (κ1) is 22.6. The number of ketones is 1. The van der Waals surface area contributed by atoms with Gasteiger partial charge in [-0.05, 0) is 74.5 Å². The third-order valence-electron chi connectivity index (χ3n) is 5.42. The summed E-state index contributed by atoms with van der Waals surface area (Å²) in [5, 5.41) is 2.81. The van der Waals surface area contributed by atoms with E-state index in [1.54, 1.807) is 0 Å². The first-order valence-electron chi connectivity index (χ1n) is 10.3. The van der Waals surface area contributed by atoms with Crippen molar-refractivity contribution < 1.29 is 23.1 Å². The predicted octanol–water partition coefficient (Wildman–Crippen LogP) is 3.70. The molecule has 7 heteroatoms. The SMILES string of the molecule is COc1ccc(F)cc1/C=C/C(=O)NCCN1CCC(C(=O)c2ccc(F)cc2)CC1. The number of methoxy groups -OCH3 is 1. The Kier molecular flexibility index (Phi) is 7.89. The molecular weight excluding hydrogens is 402 g/mol. The Morgan fingerprint density at radius 3 is 2.45 bits per heavy atom. The van der Waals surface area contributed by atoms with Crippen molar-refractivity contribution in [1.82, 2.24) is 10.2 Å². The summed E-state index contributed by atoms with van der Waals surface area (Å²) in [4.78, 5) is 26.8. The maximum atomic E-state index is 13.4. The zero-order valence-electron chi connectivity index (χ0n) is 17.4. The number of likely N-dealkylation sites (tertiary alicyclic amines) is 1. The summed E-state index contributed by atoms with van der Waals surface area (Å²) < 4.78 is 31.6. The van der Waals surface area contributed by atoms with E-state index in [9.17, 15) is 18.4 Å². The van der Waals surface area contributed by atoms with E-state index in [2.05, 4.69) is 10.2 Å². The highest BCUT2D eigenvalue weighted by Crippen LogP contribution is 2.22. The Bertz CT molecular complexity index is 936. The van der Waals surface area contributed by atoms with Crippen LogP contribution in [0.4, 0.5) is 8.78 Å². The number of nitrogens with zero attached hydrogens (tertiary/aromatic N) is 1. The Labute approximate surface area is 180 Å². The minimum atomic E-state index is -0.401. The van der Waals surface area contributed by atoms with Gasteiger partial charge in [-0.2, -0.15) is 0 Å². The van der Waals surface area contributed by atoms with E-state index < -0.39 is 5.82 Å². The van der Waals surface area contributed by atoms with Crippen molar-refractivity contribution in [3.63, 3.8) is 0 Å². The Balaban J connectivity index is 1.40. The highest BCUT2D eigenvalue weighted by molar-refractivity contribution is 5.97. The molecule has 1 N–H and O–H groups in total. The van der Waals surface area contributed by atoms with Crippen LogP contribution < -0.4 is 10.1 Å². The van der Waals surface area contributed by atoms with Crippen molar-refractivity contribution in [3.8, 4) is 5.75 Å². The summed E-state index contributed by atoms with van der Waals surface area (Å²) in [5.41, 5.74) is 1.04. The topological polar surface area (TPSA) is 58.6 Å². The molecule has 0 aliphatic carbocycles. The number of amides is 1. The number of hydrogen-bond donors (Lipinski definition) is 1. The molecule has 0 spiro atoms. The molecule has 1 fully saturated rings. The molecule has 5 nitrogen and oxygen atoms in total. The quantitative estimate of drug-likeness (QED) is 0.515. The van der Waals surface area contributed by atoms with E-state index in [0.717, 1.165) is 25.9 Å². The van der Waals surface area contributed by atoms with Gasteiger partial charge in [0.2, 0.25) is 5.91 Å². The van der Waals surface area contributed by atoms with Crippen LogP contribution in [0.5, 0.6) is 5.75 Å². The van der Waals surface area contributed by atoms with Crippen LogP contribution in [0.25, 0.3) is 6.08 Å². The highest BCUT2D eigenvalue weighted by atomic mass is 19.1. The second kappa shape index (κ2) is 10.8. The van der Waals surface area contributed by atoms with Crippen LogP contribution in [-0.4, -0.2) is 49.9 Å². The molecule has 0 bridgehead atoms. The largest absolute Gasteiger partial charge is 0.496 e. The van der Waals surface area contributed by atoms with E-state index in [4.69, 9.17) is 4.74 Å². The molecule has 0 saturated carbocycles. The molecule has 1 aliphatic rings. The molecule has 0 radical (unpaired) electrons. The van der Waals surface area contributed by atoms with Gasteiger partial charge >= 0.3 is 0 Å². The lowest BCUT2D eigenvalue weighted by Crippen LogP contribution is -2.40. The van der Waals surface area contributed by atoms with Crippen LogP contribution in [0, 0.1) is 17.6 Å². The summed E-state index contributed by atoms with van der Waals surface area (Å²) >= 11 is 0. The van der Waals surface area contributed by atoms with Gasteiger partial charge in [-0.3, -0.25) is 9.59 Å². The first-order chi connectivity index (χ1) is 15.0. The standard InChI is InChI=1S/C24H26F2N2O3/c1-31-22-8-7-21(26)16-19(22)4-9-23(29)27-12-15-28-13-10-18(11-14-28)24(30)17-2-5-20(25)6-3-17/h2-9,16,18H,10-15H2,1H3,(H,27,29)/b9-4+. The van der Waals surface area contributed by atoms with Crippen molar-refractivity contribution in [2.75, 3.05) is 33.3 Å². The van der Waals surface area contributed by atoms with Crippen molar-refractivity contribution in [1.29, 1.82) is 0 Å². The molecule has 1 amide bonds. The summed E-state index contributed by atoms with van der Waals surface area (Å²) in [7, 11) is 1.49. The molecule has 0 aromatic heterocycles. The van der Waals surface area contributed by atoms with E-state index in [1.165, 1.54) is 61.7 Å². The van der Waals surface area contributed by atoms with Gasteiger partial charge in [-0.25, -0.2) is 8.78 Å². The lowest BCUT2D eigenvalue weighted by Gasteiger charge is -2.31. The van der Waals surface area contributed by atoms with E-state index in [0.29, 0.717) is 30.0 Å². The zero-order chi connectivity index (χ0) is 22.2. The fraction of sp³-hybridized carbons (Fsp3) is 0.333. The molecular formula is C24H26F2N2O3. The van der Waals surface area contributed by atoms with Gasteiger partial charge in [0, 0.05) is 36.2 Å². The molecule has 0 atom stereocenters. The third-order valence-corrected chi connectivity index (χ3v) is 5.42. The van der Waals surface area contributed by atoms with Crippen LogP contribution in [0.3, 0.4) is 0 Å². The second-order valence-electron chi connectivity index (χ2n) is 7.50. The Hall–Kier alpha value is -3.06. The molecule has 3 rings (SSSR count). The predicted molar refractivity (Wildman–Crippen MR) is 115 cm³/mol. The van der Waals surface area contributed by atoms with Crippen LogP contribution in [0.15, 0.2) is 48.5 Å². The Morgan fingerprint density at radius 2 is 1.77 bits per heavy atom. The van der Waals surface area contributed by atoms with Crippen molar-refractivity contribution in [3.05, 3.63) is 71.3 Å². The van der Waals surface area contributed by atoms with Gasteiger partial charge in [0.1, 0.15) is 17.4 Å². The summed E-state index contributed by atoms with van der Waals surface area (Å²) in [6, 6.07) is 9.80. The van der Waals surface area contributed by atoms with E-state index in [-0.39, 0.29) is 23.4 Å². The number of halogens is 2. The summed E-state index contributed by atoms with van der Waals surface area (Å²) in [6.45, 7) is 2.69. The zero-order valence-corrected chi connectivity index (χ0v) is 17.4. The molecule has 31 heavy (non-hydrogen) atoms. The average Bonchev–Trinajstić information content (AvgIpc) is 2.78. The summed E-state index contributed by atoms with van der Waals surface area (Å²) in [5.74, 6) is -0.525. The summed E-state index contributed by atoms with van der Waals surface area (Å²) in [6.07, 6.45) is 4.35. The van der Waals surface area contributed by atoms with Crippen LogP contribution >= 0.6 is 0 Å².